The van der Waals surface area contributed by atoms with Gasteiger partial charge in [0.2, 0.25) is 0 Å². The highest BCUT2D eigenvalue weighted by Crippen LogP contribution is 2.35. The third-order valence-electron chi connectivity index (χ3n) is 4.40. The summed E-state index contributed by atoms with van der Waals surface area (Å²) in [5, 5.41) is 0. The predicted octanol–water partition coefficient (Wildman–Crippen LogP) is 3.97. The van der Waals surface area contributed by atoms with Crippen LogP contribution in [-0.4, -0.2) is 23.6 Å². The van der Waals surface area contributed by atoms with Gasteiger partial charge in [-0.3, -0.25) is 4.79 Å². The first-order valence-corrected chi connectivity index (χ1v) is 7.54. The minimum atomic E-state index is -1.12. The molecular weight excluding hydrogens is 256 g/mol. The molecule has 4 heteroatoms. The van der Waals surface area contributed by atoms with E-state index in [1.807, 2.05) is 0 Å². The number of ether oxygens (including phenoxy) is 2. The zero-order chi connectivity index (χ0) is 15.5. The Labute approximate surface area is 122 Å². The Kier molecular flexibility index (Phi) is 5.60. The second-order valence-electron chi connectivity index (χ2n) is 6.90. The van der Waals surface area contributed by atoms with Gasteiger partial charge in [0, 0.05) is 0 Å². The van der Waals surface area contributed by atoms with Crippen LogP contribution in [0.1, 0.15) is 60.8 Å². The van der Waals surface area contributed by atoms with Gasteiger partial charge in [-0.2, -0.15) is 0 Å². The molecule has 0 spiro atoms. The number of hydrogen-bond acceptors (Lipinski definition) is 4. The van der Waals surface area contributed by atoms with Crippen LogP contribution in [0.3, 0.4) is 0 Å². The molecule has 1 rings (SSSR count). The third-order valence-corrected chi connectivity index (χ3v) is 4.40. The molecule has 1 fully saturated rings. The number of ketones is 1. The van der Waals surface area contributed by atoms with E-state index in [2.05, 4.69) is 20.8 Å². The van der Waals surface area contributed by atoms with Crippen LogP contribution in [0, 0.1) is 17.8 Å². The molecule has 0 aromatic carbocycles. The lowest BCUT2D eigenvalue weighted by Crippen LogP contribution is -2.40. The molecule has 1 aliphatic carbocycles. The zero-order valence-corrected chi connectivity index (χ0v) is 13.6. The number of hydrogen-bond donors (Lipinski definition) is 0. The van der Waals surface area contributed by atoms with Crippen LogP contribution >= 0.6 is 0 Å². The van der Waals surface area contributed by atoms with Crippen molar-refractivity contribution in [2.45, 2.75) is 72.5 Å². The van der Waals surface area contributed by atoms with Crippen molar-refractivity contribution in [1.82, 2.24) is 0 Å². The van der Waals surface area contributed by atoms with Crippen molar-refractivity contribution < 1.29 is 19.1 Å². The highest BCUT2D eigenvalue weighted by molar-refractivity contribution is 5.85. The molecule has 1 unspecified atom stereocenters. The molecule has 20 heavy (non-hydrogen) atoms. The van der Waals surface area contributed by atoms with E-state index in [0.29, 0.717) is 17.8 Å². The van der Waals surface area contributed by atoms with E-state index in [4.69, 9.17) is 9.47 Å². The fraction of sp³-hybridized carbons (Fsp3) is 0.875. The van der Waals surface area contributed by atoms with Gasteiger partial charge in [-0.15, -0.1) is 0 Å². The summed E-state index contributed by atoms with van der Waals surface area (Å²) in [4.78, 5) is 23.3. The van der Waals surface area contributed by atoms with Gasteiger partial charge < -0.3 is 9.47 Å². The lowest BCUT2D eigenvalue weighted by molar-refractivity contribution is -0.136. The van der Waals surface area contributed by atoms with Crippen LogP contribution in [-0.2, 0) is 14.3 Å². The summed E-state index contributed by atoms with van der Waals surface area (Å²) < 4.78 is 10.7. The molecular formula is C16H28O4. The molecule has 0 radical (unpaired) electrons. The highest BCUT2D eigenvalue weighted by atomic mass is 16.7. The van der Waals surface area contributed by atoms with Gasteiger partial charge in [0.15, 0.2) is 11.4 Å². The quantitative estimate of drug-likeness (QED) is 0.733. The second kappa shape index (κ2) is 6.59. The van der Waals surface area contributed by atoms with Crippen molar-refractivity contribution in [1.29, 1.82) is 0 Å². The molecule has 4 nitrogen and oxygen atoms in total. The minimum absolute atomic E-state index is 0.103. The molecule has 1 saturated carbocycles. The summed E-state index contributed by atoms with van der Waals surface area (Å²) in [6.07, 6.45) is 2.30. The smallest absolute Gasteiger partial charge is 0.431 e. The van der Waals surface area contributed by atoms with Crippen LogP contribution in [0.15, 0.2) is 0 Å². The molecule has 0 amide bonds. The minimum Gasteiger partial charge on any atom is -0.431 e. The van der Waals surface area contributed by atoms with Crippen LogP contribution in [0.4, 0.5) is 4.79 Å². The fourth-order valence-corrected chi connectivity index (χ4v) is 2.68. The Bertz CT molecular complexity index is 359. The van der Waals surface area contributed by atoms with Crippen molar-refractivity contribution in [2.75, 3.05) is 0 Å². The van der Waals surface area contributed by atoms with Gasteiger partial charge >= 0.3 is 6.16 Å². The number of rotatable bonds is 4. The standard InChI is InChI=1S/C16H28O4/c1-10(2)13-8-7-11(3)9-14(13)19-15(18)20-16(5,6)12(4)17/h10-11,13-14H,7-9H2,1-6H3/t11-,13-,14?/m1/s1. The average Bonchev–Trinajstić information content (AvgIpc) is 2.27. The monoisotopic (exact) mass is 284 g/mol. The number of Topliss-reactive ketones (excluding diaryl/α,β-unsaturated/α-hetero) is 1. The van der Waals surface area contributed by atoms with Crippen molar-refractivity contribution in [3.8, 4) is 0 Å². The van der Waals surface area contributed by atoms with Gasteiger partial charge in [-0.05, 0) is 51.4 Å². The Hall–Kier alpha value is -1.06. The lowest BCUT2D eigenvalue weighted by atomic mass is 9.75. The van der Waals surface area contributed by atoms with Gasteiger partial charge in [-0.25, -0.2) is 4.79 Å². The number of carbonyl (C=O) groups is 2. The fourth-order valence-electron chi connectivity index (χ4n) is 2.68. The maximum Gasteiger partial charge on any atom is 0.509 e. The van der Waals surface area contributed by atoms with Crippen LogP contribution in [0.5, 0.6) is 0 Å². The van der Waals surface area contributed by atoms with E-state index in [0.717, 1.165) is 12.8 Å². The first-order chi connectivity index (χ1) is 9.13. The zero-order valence-electron chi connectivity index (χ0n) is 13.6. The Balaban J connectivity index is 2.64. The third kappa shape index (κ3) is 4.50. The van der Waals surface area contributed by atoms with Crippen molar-refractivity contribution in [2.24, 2.45) is 17.8 Å². The lowest BCUT2D eigenvalue weighted by Gasteiger charge is -2.36. The van der Waals surface area contributed by atoms with E-state index in [1.165, 1.54) is 13.3 Å². The Morgan fingerprint density at radius 2 is 1.80 bits per heavy atom. The summed E-state index contributed by atoms with van der Waals surface area (Å²) >= 11 is 0. The van der Waals surface area contributed by atoms with E-state index < -0.39 is 11.8 Å². The van der Waals surface area contributed by atoms with Crippen molar-refractivity contribution in [3.05, 3.63) is 0 Å². The molecule has 0 saturated heterocycles. The van der Waals surface area contributed by atoms with E-state index in [1.54, 1.807) is 13.8 Å². The topological polar surface area (TPSA) is 52.6 Å². The SMILES string of the molecule is CC(=O)C(C)(C)OC(=O)OC1C[C@H](C)CC[C@@H]1C(C)C. The second-order valence-corrected chi connectivity index (χ2v) is 6.90. The summed E-state index contributed by atoms with van der Waals surface area (Å²) in [5.41, 5.74) is -1.12. The van der Waals surface area contributed by atoms with Crippen molar-refractivity contribution in [3.63, 3.8) is 0 Å². The first kappa shape index (κ1) is 17.0. The molecule has 0 aromatic rings. The van der Waals surface area contributed by atoms with Gasteiger partial charge in [-0.1, -0.05) is 27.2 Å². The van der Waals surface area contributed by atoms with Crippen molar-refractivity contribution >= 4 is 11.9 Å². The molecule has 0 aliphatic heterocycles. The van der Waals surface area contributed by atoms with Gasteiger partial charge in [0.05, 0.1) is 0 Å². The highest BCUT2D eigenvalue weighted by Gasteiger charge is 2.36. The number of carbonyl (C=O) groups excluding carboxylic acids is 2. The molecule has 0 bridgehead atoms. The van der Waals surface area contributed by atoms with E-state index >= 15 is 0 Å². The molecule has 0 N–H and O–H groups in total. The predicted molar refractivity (Wildman–Crippen MR) is 77.5 cm³/mol. The van der Waals surface area contributed by atoms with Crippen LogP contribution in [0.2, 0.25) is 0 Å². The molecule has 116 valence electrons. The molecule has 1 aliphatic rings. The summed E-state index contributed by atoms with van der Waals surface area (Å²) in [7, 11) is 0. The summed E-state index contributed by atoms with van der Waals surface area (Å²) in [5.74, 6) is 1.22. The largest absolute Gasteiger partial charge is 0.509 e. The maximum atomic E-state index is 11.9. The van der Waals surface area contributed by atoms with Crippen LogP contribution < -0.4 is 0 Å². The molecule has 3 atom stereocenters. The average molecular weight is 284 g/mol. The van der Waals surface area contributed by atoms with Crippen LogP contribution in [0.25, 0.3) is 0 Å². The van der Waals surface area contributed by atoms with E-state index in [-0.39, 0.29) is 11.9 Å². The van der Waals surface area contributed by atoms with E-state index in [9.17, 15) is 9.59 Å². The Morgan fingerprint density at radius 3 is 2.30 bits per heavy atom. The summed E-state index contributed by atoms with van der Waals surface area (Å²) in [6, 6.07) is 0. The summed E-state index contributed by atoms with van der Waals surface area (Å²) in [6.45, 7) is 11.1. The maximum absolute atomic E-state index is 11.9. The van der Waals surface area contributed by atoms with Gasteiger partial charge in [0.25, 0.3) is 0 Å². The van der Waals surface area contributed by atoms with Gasteiger partial charge in [0.1, 0.15) is 6.10 Å². The first-order valence-electron chi connectivity index (χ1n) is 7.54. The molecule has 0 heterocycles. The molecule has 0 aromatic heterocycles. The Morgan fingerprint density at radius 1 is 1.20 bits per heavy atom. The normalized spacial score (nSPS) is 27.2.